The van der Waals surface area contributed by atoms with Gasteiger partial charge in [-0.2, -0.15) is 0 Å². The number of methoxy groups -OCH3 is 1. The van der Waals surface area contributed by atoms with Gasteiger partial charge in [-0.15, -0.1) is 0 Å². The zero-order valence-electron chi connectivity index (χ0n) is 12.5. The summed E-state index contributed by atoms with van der Waals surface area (Å²) in [6.07, 6.45) is 3.24. The molecular weight excluding hydrogens is 242 g/mol. The Morgan fingerprint density at radius 1 is 1.32 bits per heavy atom. The van der Waals surface area contributed by atoms with Crippen molar-refractivity contribution in [2.45, 2.75) is 46.3 Å². The minimum Gasteiger partial charge on any atom is -0.492 e. The largest absolute Gasteiger partial charge is 0.492 e. The van der Waals surface area contributed by atoms with Crippen LogP contribution in [0.2, 0.25) is 0 Å². The lowest BCUT2D eigenvalue weighted by Crippen LogP contribution is -2.34. The Balaban J connectivity index is 2.89. The van der Waals surface area contributed by atoms with Crippen molar-refractivity contribution >= 4 is 0 Å². The Hall–Kier alpha value is -1.13. The standard InChI is InChI=1S/C15H25NO3/c1-6-7-19-12-8-11(9-16-10-12)13(17)14(18-5)15(2,3)4/h8-10,13-14,17H,6-7H2,1-5H3. The van der Waals surface area contributed by atoms with E-state index in [0.29, 0.717) is 12.4 Å². The summed E-state index contributed by atoms with van der Waals surface area (Å²) in [5, 5.41) is 10.4. The summed E-state index contributed by atoms with van der Waals surface area (Å²) < 4.78 is 11.0. The van der Waals surface area contributed by atoms with Crippen LogP contribution < -0.4 is 4.74 Å². The highest BCUT2D eigenvalue weighted by atomic mass is 16.5. The van der Waals surface area contributed by atoms with Crippen LogP contribution in [0.15, 0.2) is 18.5 Å². The van der Waals surface area contributed by atoms with E-state index in [9.17, 15) is 5.11 Å². The predicted molar refractivity (Wildman–Crippen MR) is 75.2 cm³/mol. The highest BCUT2D eigenvalue weighted by molar-refractivity contribution is 5.26. The number of aromatic nitrogens is 1. The van der Waals surface area contributed by atoms with E-state index in [0.717, 1.165) is 12.0 Å². The Morgan fingerprint density at radius 3 is 2.53 bits per heavy atom. The first-order chi connectivity index (χ1) is 8.90. The number of hydrogen-bond acceptors (Lipinski definition) is 4. The highest BCUT2D eigenvalue weighted by Gasteiger charge is 2.32. The number of ether oxygens (including phenoxy) is 2. The van der Waals surface area contributed by atoms with E-state index >= 15 is 0 Å². The van der Waals surface area contributed by atoms with Crippen LogP contribution in [-0.2, 0) is 4.74 Å². The van der Waals surface area contributed by atoms with Crippen molar-refractivity contribution in [1.82, 2.24) is 4.98 Å². The van der Waals surface area contributed by atoms with E-state index in [1.165, 1.54) is 0 Å². The Morgan fingerprint density at radius 2 is 2.00 bits per heavy atom. The first kappa shape index (κ1) is 15.9. The van der Waals surface area contributed by atoms with Crippen molar-refractivity contribution in [1.29, 1.82) is 0 Å². The molecule has 0 amide bonds. The summed E-state index contributed by atoms with van der Waals surface area (Å²) in [4.78, 5) is 4.12. The summed E-state index contributed by atoms with van der Waals surface area (Å²) >= 11 is 0. The molecular formula is C15H25NO3. The maximum absolute atomic E-state index is 10.4. The number of rotatable bonds is 6. The molecule has 108 valence electrons. The van der Waals surface area contributed by atoms with Crippen molar-refractivity contribution in [3.05, 3.63) is 24.0 Å². The first-order valence-electron chi connectivity index (χ1n) is 6.68. The van der Waals surface area contributed by atoms with Gasteiger partial charge in [-0.3, -0.25) is 4.98 Å². The monoisotopic (exact) mass is 267 g/mol. The molecule has 1 rings (SSSR count). The Labute approximate surface area is 115 Å². The van der Waals surface area contributed by atoms with Gasteiger partial charge in [0.15, 0.2) is 0 Å². The topological polar surface area (TPSA) is 51.6 Å². The van der Waals surface area contributed by atoms with Crippen molar-refractivity contribution in [3.63, 3.8) is 0 Å². The average molecular weight is 267 g/mol. The molecule has 0 bridgehead atoms. The Kier molecular flexibility index (Phi) is 5.76. The third kappa shape index (κ3) is 4.48. The maximum Gasteiger partial charge on any atom is 0.137 e. The van der Waals surface area contributed by atoms with E-state index in [-0.39, 0.29) is 11.5 Å². The van der Waals surface area contributed by atoms with Crippen molar-refractivity contribution in [3.8, 4) is 5.75 Å². The second kappa shape index (κ2) is 6.87. The van der Waals surface area contributed by atoms with Crippen LogP contribution in [0, 0.1) is 5.41 Å². The second-order valence-electron chi connectivity index (χ2n) is 5.77. The summed E-state index contributed by atoms with van der Waals surface area (Å²) in [5.41, 5.74) is 0.560. The smallest absolute Gasteiger partial charge is 0.137 e. The minimum atomic E-state index is -0.720. The molecule has 0 aliphatic carbocycles. The quantitative estimate of drug-likeness (QED) is 0.861. The molecule has 0 aliphatic heterocycles. The van der Waals surface area contributed by atoms with Crippen molar-refractivity contribution < 1.29 is 14.6 Å². The van der Waals surface area contributed by atoms with Crippen LogP contribution in [-0.4, -0.2) is 29.9 Å². The van der Waals surface area contributed by atoms with Crippen LogP contribution in [0.3, 0.4) is 0 Å². The maximum atomic E-state index is 10.4. The number of pyridine rings is 1. The van der Waals surface area contributed by atoms with Gasteiger partial charge in [-0.05, 0) is 17.9 Å². The molecule has 19 heavy (non-hydrogen) atoms. The summed E-state index contributed by atoms with van der Waals surface area (Å²) in [5.74, 6) is 0.683. The molecule has 0 radical (unpaired) electrons. The summed E-state index contributed by atoms with van der Waals surface area (Å²) in [7, 11) is 1.62. The van der Waals surface area contributed by atoms with Gasteiger partial charge in [-0.25, -0.2) is 0 Å². The van der Waals surface area contributed by atoms with Crippen LogP contribution in [0.25, 0.3) is 0 Å². The van der Waals surface area contributed by atoms with Gasteiger partial charge in [0.2, 0.25) is 0 Å². The van der Waals surface area contributed by atoms with Gasteiger partial charge in [-0.1, -0.05) is 27.7 Å². The third-order valence-corrected chi connectivity index (χ3v) is 2.94. The number of hydrogen-bond donors (Lipinski definition) is 1. The highest BCUT2D eigenvalue weighted by Crippen LogP contribution is 2.33. The van der Waals surface area contributed by atoms with E-state index in [1.54, 1.807) is 19.5 Å². The van der Waals surface area contributed by atoms with Gasteiger partial charge in [0, 0.05) is 18.9 Å². The van der Waals surface area contributed by atoms with E-state index < -0.39 is 6.10 Å². The molecule has 0 saturated carbocycles. The van der Waals surface area contributed by atoms with Gasteiger partial charge < -0.3 is 14.6 Å². The molecule has 0 aliphatic rings. The van der Waals surface area contributed by atoms with Gasteiger partial charge in [0.1, 0.15) is 11.9 Å². The van der Waals surface area contributed by atoms with Crippen LogP contribution in [0.5, 0.6) is 5.75 Å². The molecule has 2 unspecified atom stereocenters. The molecule has 1 aromatic rings. The molecule has 1 N–H and O–H groups in total. The van der Waals surface area contributed by atoms with Crippen LogP contribution >= 0.6 is 0 Å². The molecule has 0 saturated heterocycles. The van der Waals surface area contributed by atoms with Crippen molar-refractivity contribution in [2.75, 3.05) is 13.7 Å². The normalized spacial score (nSPS) is 15.1. The molecule has 0 aromatic carbocycles. The lowest BCUT2D eigenvalue weighted by Gasteiger charge is -2.33. The number of nitrogens with zero attached hydrogens (tertiary/aromatic N) is 1. The van der Waals surface area contributed by atoms with E-state index in [4.69, 9.17) is 9.47 Å². The molecule has 4 heteroatoms. The second-order valence-corrected chi connectivity index (χ2v) is 5.77. The van der Waals surface area contributed by atoms with Gasteiger partial charge >= 0.3 is 0 Å². The molecule has 4 nitrogen and oxygen atoms in total. The summed E-state index contributed by atoms with van der Waals surface area (Å²) in [6, 6.07) is 1.82. The fourth-order valence-electron chi connectivity index (χ4n) is 2.03. The molecule has 1 aromatic heterocycles. The van der Waals surface area contributed by atoms with E-state index in [2.05, 4.69) is 4.98 Å². The molecule has 0 fully saturated rings. The van der Waals surface area contributed by atoms with Gasteiger partial charge in [0.05, 0.1) is 18.9 Å². The molecule has 1 heterocycles. The van der Waals surface area contributed by atoms with Crippen LogP contribution in [0.1, 0.15) is 45.8 Å². The number of aliphatic hydroxyl groups excluding tert-OH is 1. The zero-order valence-corrected chi connectivity index (χ0v) is 12.5. The SMILES string of the molecule is CCCOc1cncc(C(O)C(OC)C(C)(C)C)c1. The fourth-order valence-corrected chi connectivity index (χ4v) is 2.03. The van der Waals surface area contributed by atoms with Crippen molar-refractivity contribution in [2.24, 2.45) is 5.41 Å². The van der Waals surface area contributed by atoms with Gasteiger partial charge in [0.25, 0.3) is 0 Å². The molecule has 0 spiro atoms. The third-order valence-electron chi connectivity index (χ3n) is 2.94. The first-order valence-corrected chi connectivity index (χ1v) is 6.68. The lowest BCUT2D eigenvalue weighted by atomic mass is 9.83. The lowest BCUT2D eigenvalue weighted by molar-refractivity contribution is -0.0726. The molecule has 2 atom stereocenters. The Bertz CT molecular complexity index is 387. The average Bonchev–Trinajstić information content (AvgIpc) is 2.35. The fraction of sp³-hybridized carbons (Fsp3) is 0.667. The summed E-state index contributed by atoms with van der Waals surface area (Å²) in [6.45, 7) is 8.81. The van der Waals surface area contributed by atoms with E-state index in [1.807, 2.05) is 33.8 Å². The minimum absolute atomic E-state index is 0.158. The zero-order chi connectivity index (χ0) is 14.5. The predicted octanol–water partition coefficient (Wildman–Crippen LogP) is 2.96. The van der Waals surface area contributed by atoms with Crippen LogP contribution in [0.4, 0.5) is 0 Å². The number of aliphatic hydroxyl groups is 1.